The van der Waals surface area contributed by atoms with Crippen LogP contribution in [0.2, 0.25) is 0 Å². The molecule has 0 aromatic heterocycles. The molecule has 3 nitrogen and oxygen atoms in total. The molecular formula is C12H14O3S. The van der Waals surface area contributed by atoms with E-state index >= 15 is 0 Å². The largest absolute Gasteiger partial charge is 0.457 e. The fraction of sp³-hybridized carbons (Fsp3) is 0.417. The summed E-state index contributed by atoms with van der Waals surface area (Å²) in [4.78, 5) is 11.6. The van der Waals surface area contributed by atoms with Gasteiger partial charge in [-0.15, -0.1) is 0 Å². The lowest BCUT2D eigenvalue weighted by molar-refractivity contribution is -0.171. The van der Waals surface area contributed by atoms with Gasteiger partial charge in [-0.25, -0.2) is 0 Å². The fourth-order valence-electron chi connectivity index (χ4n) is 1.45. The molecule has 0 amide bonds. The number of carbonyl (C=O) groups is 1. The molecule has 1 atom stereocenters. The van der Waals surface area contributed by atoms with Crippen LogP contribution in [0.5, 0.6) is 0 Å². The molecule has 1 heterocycles. The molecule has 86 valence electrons. The van der Waals surface area contributed by atoms with Crippen LogP contribution >= 0.6 is 12.6 Å². The Hall–Kier alpha value is -1.00. The van der Waals surface area contributed by atoms with Gasteiger partial charge in [-0.3, -0.25) is 4.79 Å². The first kappa shape index (κ1) is 11.5. The summed E-state index contributed by atoms with van der Waals surface area (Å²) in [5, 5.41) is -0.400. The second-order valence-electron chi connectivity index (χ2n) is 3.80. The van der Waals surface area contributed by atoms with E-state index in [4.69, 9.17) is 9.47 Å². The molecule has 0 saturated carbocycles. The number of hydrogen-bond acceptors (Lipinski definition) is 4. The van der Waals surface area contributed by atoms with Crippen LogP contribution in [-0.4, -0.2) is 30.5 Å². The van der Waals surface area contributed by atoms with Crippen molar-refractivity contribution >= 4 is 18.6 Å². The lowest BCUT2D eigenvalue weighted by Crippen LogP contribution is -2.39. The number of thiol groups is 1. The molecule has 0 radical (unpaired) electrons. The van der Waals surface area contributed by atoms with Gasteiger partial charge >= 0.3 is 5.97 Å². The van der Waals surface area contributed by atoms with Crippen molar-refractivity contribution in [3.63, 3.8) is 0 Å². The average molecular weight is 238 g/mol. The Morgan fingerprint density at radius 2 is 2.12 bits per heavy atom. The van der Waals surface area contributed by atoms with Crippen LogP contribution in [0.15, 0.2) is 30.3 Å². The molecule has 4 heteroatoms. The molecule has 1 saturated heterocycles. The minimum absolute atomic E-state index is 0.0714. The SMILES string of the molecule is O=C(OC1COC1)C(S)Cc1ccccc1. The summed E-state index contributed by atoms with van der Waals surface area (Å²) < 4.78 is 10.1. The molecule has 1 fully saturated rings. The van der Waals surface area contributed by atoms with Gasteiger partial charge in [0.1, 0.15) is 11.4 Å². The van der Waals surface area contributed by atoms with E-state index in [1.807, 2.05) is 30.3 Å². The average Bonchev–Trinajstić information content (AvgIpc) is 2.24. The number of rotatable bonds is 4. The molecule has 1 aliphatic rings. The zero-order valence-electron chi connectivity index (χ0n) is 8.83. The highest BCUT2D eigenvalue weighted by atomic mass is 32.1. The molecule has 2 rings (SSSR count). The Morgan fingerprint density at radius 1 is 1.44 bits per heavy atom. The summed E-state index contributed by atoms with van der Waals surface area (Å²) in [5.41, 5.74) is 1.09. The molecule has 0 aliphatic carbocycles. The summed E-state index contributed by atoms with van der Waals surface area (Å²) in [6.07, 6.45) is 0.522. The van der Waals surface area contributed by atoms with Crippen LogP contribution < -0.4 is 0 Å². The molecule has 1 aromatic carbocycles. The number of carbonyl (C=O) groups excluding carboxylic acids is 1. The third-order valence-electron chi connectivity index (χ3n) is 2.43. The molecule has 1 aromatic rings. The summed E-state index contributed by atoms with van der Waals surface area (Å²) >= 11 is 4.26. The van der Waals surface area contributed by atoms with Gasteiger partial charge in [-0.1, -0.05) is 30.3 Å². The van der Waals surface area contributed by atoms with Gasteiger partial charge in [0.25, 0.3) is 0 Å². The maximum absolute atomic E-state index is 11.6. The quantitative estimate of drug-likeness (QED) is 0.637. The molecule has 0 bridgehead atoms. The van der Waals surface area contributed by atoms with Crippen LogP contribution in [-0.2, 0) is 20.7 Å². The van der Waals surface area contributed by atoms with Crippen molar-refractivity contribution in [3.8, 4) is 0 Å². The summed E-state index contributed by atoms with van der Waals surface area (Å²) in [7, 11) is 0. The first-order valence-electron chi connectivity index (χ1n) is 5.26. The van der Waals surface area contributed by atoms with Gasteiger partial charge < -0.3 is 9.47 Å². The van der Waals surface area contributed by atoms with Crippen LogP contribution in [0.1, 0.15) is 5.56 Å². The Kier molecular flexibility index (Phi) is 3.85. The van der Waals surface area contributed by atoms with E-state index in [0.29, 0.717) is 19.6 Å². The van der Waals surface area contributed by atoms with Crippen molar-refractivity contribution < 1.29 is 14.3 Å². The number of benzene rings is 1. The zero-order valence-corrected chi connectivity index (χ0v) is 9.73. The summed E-state index contributed by atoms with van der Waals surface area (Å²) in [5.74, 6) is -0.263. The highest BCUT2D eigenvalue weighted by molar-refractivity contribution is 7.81. The highest BCUT2D eigenvalue weighted by Gasteiger charge is 2.25. The third-order valence-corrected chi connectivity index (χ3v) is 2.83. The van der Waals surface area contributed by atoms with E-state index in [-0.39, 0.29) is 12.1 Å². The van der Waals surface area contributed by atoms with Crippen LogP contribution in [0.25, 0.3) is 0 Å². The van der Waals surface area contributed by atoms with E-state index in [1.165, 1.54) is 0 Å². The van der Waals surface area contributed by atoms with E-state index in [0.717, 1.165) is 5.56 Å². The van der Waals surface area contributed by atoms with Crippen LogP contribution in [0.3, 0.4) is 0 Å². The Bertz CT molecular complexity index is 349. The highest BCUT2D eigenvalue weighted by Crippen LogP contribution is 2.13. The van der Waals surface area contributed by atoms with Crippen molar-refractivity contribution in [3.05, 3.63) is 35.9 Å². The number of esters is 1. The predicted molar refractivity (Wildman–Crippen MR) is 63.6 cm³/mol. The zero-order chi connectivity index (χ0) is 11.4. The lowest BCUT2D eigenvalue weighted by atomic mass is 10.1. The van der Waals surface area contributed by atoms with E-state index < -0.39 is 5.25 Å². The van der Waals surface area contributed by atoms with Gasteiger partial charge in [0.2, 0.25) is 0 Å². The van der Waals surface area contributed by atoms with Crippen molar-refractivity contribution in [1.82, 2.24) is 0 Å². The lowest BCUT2D eigenvalue weighted by Gasteiger charge is -2.26. The van der Waals surface area contributed by atoms with Gasteiger partial charge in [0, 0.05) is 0 Å². The van der Waals surface area contributed by atoms with Gasteiger partial charge in [0.05, 0.1) is 13.2 Å². The first-order valence-corrected chi connectivity index (χ1v) is 5.77. The molecule has 1 unspecified atom stereocenters. The maximum atomic E-state index is 11.6. The Morgan fingerprint density at radius 3 is 2.69 bits per heavy atom. The number of hydrogen-bond donors (Lipinski definition) is 1. The summed E-state index contributed by atoms with van der Waals surface area (Å²) in [6, 6.07) is 9.79. The second-order valence-corrected chi connectivity index (χ2v) is 4.43. The molecular weight excluding hydrogens is 224 g/mol. The predicted octanol–water partition coefficient (Wildman–Crippen LogP) is 1.47. The smallest absolute Gasteiger partial charge is 0.319 e. The van der Waals surface area contributed by atoms with E-state index in [1.54, 1.807) is 0 Å². The monoisotopic (exact) mass is 238 g/mol. The maximum Gasteiger partial charge on any atom is 0.319 e. The Labute approximate surface area is 100 Å². The third kappa shape index (κ3) is 3.00. The minimum atomic E-state index is -0.400. The van der Waals surface area contributed by atoms with Gasteiger partial charge in [-0.2, -0.15) is 12.6 Å². The van der Waals surface area contributed by atoms with Crippen LogP contribution in [0.4, 0.5) is 0 Å². The molecule has 0 N–H and O–H groups in total. The second kappa shape index (κ2) is 5.37. The van der Waals surface area contributed by atoms with Gasteiger partial charge in [0.15, 0.2) is 0 Å². The fourth-order valence-corrected chi connectivity index (χ4v) is 1.72. The summed E-state index contributed by atoms with van der Waals surface area (Å²) in [6.45, 7) is 1.02. The minimum Gasteiger partial charge on any atom is -0.457 e. The molecule has 0 spiro atoms. The number of ether oxygens (including phenoxy) is 2. The van der Waals surface area contributed by atoms with E-state index in [2.05, 4.69) is 12.6 Å². The van der Waals surface area contributed by atoms with Crippen LogP contribution in [0, 0.1) is 0 Å². The molecule has 16 heavy (non-hydrogen) atoms. The van der Waals surface area contributed by atoms with Crippen molar-refractivity contribution in [2.45, 2.75) is 17.8 Å². The Balaban J connectivity index is 1.82. The normalized spacial score (nSPS) is 17.6. The van der Waals surface area contributed by atoms with Crippen molar-refractivity contribution in [1.29, 1.82) is 0 Å². The standard InChI is InChI=1S/C12H14O3S/c13-12(15-10-7-14-8-10)11(16)6-9-4-2-1-3-5-9/h1-5,10-11,16H,6-8H2. The topological polar surface area (TPSA) is 35.5 Å². The first-order chi connectivity index (χ1) is 7.75. The van der Waals surface area contributed by atoms with E-state index in [9.17, 15) is 4.79 Å². The molecule has 1 aliphatic heterocycles. The van der Waals surface area contributed by atoms with Gasteiger partial charge in [-0.05, 0) is 12.0 Å². The van der Waals surface area contributed by atoms with Crippen molar-refractivity contribution in [2.24, 2.45) is 0 Å². The van der Waals surface area contributed by atoms with Crippen molar-refractivity contribution in [2.75, 3.05) is 13.2 Å².